The summed E-state index contributed by atoms with van der Waals surface area (Å²) in [6.07, 6.45) is 8.88. The molecule has 0 aromatic rings. The third kappa shape index (κ3) is 3.56. The Morgan fingerprint density at radius 2 is 1.71 bits per heavy atom. The summed E-state index contributed by atoms with van der Waals surface area (Å²) >= 11 is 0. The van der Waals surface area contributed by atoms with Crippen LogP contribution in [0, 0.1) is 46.3 Å². The average molecular weight is 433 g/mol. The van der Waals surface area contributed by atoms with Crippen LogP contribution in [-0.4, -0.2) is 33.1 Å². The first kappa shape index (κ1) is 23.8. The first-order valence-corrected chi connectivity index (χ1v) is 13.2. The quantitative estimate of drug-likeness (QED) is 0.487. The van der Waals surface area contributed by atoms with E-state index in [1.807, 2.05) is 0 Å². The minimum Gasteiger partial charge on any atom is -0.393 e. The zero-order valence-corrected chi connectivity index (χ0v) is 20.7. The van der Waals surface area contributed by atoms with Gasteiger partial charge < -0.3 is 15.3 Å². The van der Waals surface area contributed by atoms with Crippen LogP contribution in [0.5, 0.6) is 0 Å². The molecule has 0 spiro atoms. The fourth-order valence-electron chi connectivity index (χ4n) is 9.14. The molecule has 4 aliphatic carbocycles. The second-order valence-corrected chi connectivity index (χ2v) is 12.9. The maximum atomic E-state index is 11.6. The fourth-order valence-corrected chi connectivity index (χ4v) is 9.14. The average Bonchev–Trinajstić information content (AvgIpc) is 3.05. The monoisotopic (exact) mass is 432 g/mol. The molecule has 178 valence electrons. The number of allylic oxidation sites excluding steroid dienone is 1. The van der Waals surface area contributed by atoms with Gasteiger partial charge in [-0.1, -0.05) is 46.8 Å². The summed E-state index contributed by atoms with van der Waals surface area (Å²) in [6.45, 7) is 16.1. The standard InChI is InChI=1S/C28H48O3/c1-17(2)18(3)7-8-19(4)22-9-10-23-21-15-25(30)28(31)16-20(29)11-14-27(28,6)24(21)12-13-26(22,23)5/h17,19-25,29-31H,3,7-16H2,1-2,4-6H3. The molecule has 0 heterocycles. The minimum absolute atomic E-state index is 0.269. The summed E-state index contributed by atoms with van der Waals surface area (Å²) in [7, 11) is 0. The Labute approximate surface area is 190 Å². The molecule has 0 bridgehead atoms. The van der Waals surface area contributed by atoms with Gasteiger partial charge in [-0.3, -0.25) is 0 Å². The Kier molecular flexibility index (Phi) is 6.24. The molecule has 10 unspecified atom stereocenters. The Morgan fingerprint density at radius 3 is 2.39 bits per heavy atom. The van der Waals surface area contributed by atoms with Gasteiger partial charge in [0.1, 0.15) is 0 Å². The van der Waals surface area contributed by atoms with E-state index in [2.05, 4.69) is 41.2 Å². The molecule has 4 aliphatic rings. The maximum Gasteiger partial charge on any atom is 0.0985 e. The van der Waals surface area contributed by atoms with E-state index in [1.165, 1.54) is 37.7 Å². The van der Waals surface area contributed by atoms with Gasteiger partial charge >= 0.3 is 0 Å². The third-order valence-electron chi connectivity index (χ3n) is 11.3. The summed E-state index contributed by atoms with van der Waals surface area (Å²) in [5.41, 5.74) is 0.355. The van der Waals surface area contributed by atoms with E-state index >= 15 is 0 Å². The Hall–Kier alpha value is -0.380. The van der Waals surface area contributed by atoms with Crippen molar-refractivity contribution in [3.05, 3.63) is 12.2 Å². The highest BCUT2D eigenvalue weighted by molar-refractivity contribution is 5.17. The van der Waals surface area contributed by atoms with Crippen LogP contribution in [-0.2, 0) is 0 Å². The lowest BCUT2D eigenvalue weighted by molar-refractivity contribution is -0.264. The van der Waals surface area contributed by atoms with Crippen molar-refractivity contribution >= 4 is 0 Å². The van der Waals surface area contributed by atoms with Gasteiger partial charge in [-0.05, 0) is 98.7 Å². The number of hydrogen-bond donors (Lipinski definition) is 3. The number of rotatable bonds is 5. The predicted molar refractivity (Wildman–Crippen MR) is 126 cm³/mol. The van der Waals surface area contributed by atoms with E-state index in [-0.39, 0.29) is 5.41 Å². The summed E-state index contributed by atoms with van der Waals surface area (Å²) < 4.78 is 0. The lowest BCUT2D eigenvalue weighted by Crippen LogP contribution is -2.68. The predicted octanol–water partition coefficient (Wildman–Crippen LogP) is 5.72. The molecule has 4 fully saturated rings. The van der Waals surface area contributed by atoms with Gasteiger partial charge in [-0.2, -0.15) is 0 Å². The molecule has 3 nitrogen and oxygen atoms in total. The van der Waals surface area contributed by atoms with Crippen LogP contribution in [0.3, 0.4) is 0 Å². The van der Waals surface area contributed by atoms with Crippen molar-refractivity contribution in [2.75, 3.05) is 0 Å². The molecule has 0 saturated heterocycles. The fraction of sp³-hybridized carbons (Fsp3) is 0.929. The van der Waals surface area contributed by atoms with Crippen molar-refractivity contribution in [2.24, 2.45) is 46.3 Å². The molecule has 3 heteroatoms. The van der Waals surface area contributed by atoms with Crippen LogP contribution in [0.4, 0.5) is 0 Å². The van der Waals surface area contributed by atoms with Gasteiger partial charge in [-0.15, -0.1) is 0 Å². The van der Waals surface area contributed by atoms with E-state index in [0.29, 0.717) is 41.4 Å². The van der Waals surface area contributed by atoms with Crippen molar-refractivity contribution in [1.29, 1.82) is 0 Å². The third-order valence-corrected chi connectivity index (χ3v) is 11.3. The number of hydrogen-bond acceptors (Lipinski definition) is 3. The molecule has 4 rings (SSSR count). The largest absolute Gasteiger partial charge is 0.393 e. The Morgan fingerprint density at radius 1 is 1.00 bits per heavy atom. The normalized spacial score (nSPS) is 50.5. The van der Waals surface area contributed by atoms with E-state index in [9.17, 15) is 15.3 Å². The molecular weight excluding hydrogens is 384 g/mol. The number of aliphatic hydroxyl groups excluding tert-OH is 2. The maximum absolute atomic E-state index is 11.6. The number of fused-ring (bicyclic) bond motifs is 5. The first-order valence-electron chi connectivity index (χ1n) is 13.2. The number of aliphatic hydroxyl groups is 3. The highest BCUT2D eigenvalue weighted by Crippen LogP contribution is 2.69. The summed E-state index contributed by atoms with van der Waals surface area (Å²) in [6, 6.07) is 0. The molecule has 0 amide bonds. The summed E-state index contributed by atoms with van der Waals surface area (Å²) in [5, 5.41) is 33.1. The van der Waals surface area contributed by atoms with E-state index < -0.39 is 17.8 Å². The highest BCUT2D eigenvalue weighted by Gasteiger charge is 2.67. The van der Waals surface area contributed by atoms with Crippen LogP contribution in [0.2, 0.25) is 0 Å². The van der Waals surface area contributed by atoms with Gasteiger partial charge in [0.15, 0.2) is 0 Å². The van der Waals surface area contributed by atoms with Gasteiger partial charge in [0.2, 0.25) is 0 Å². The molecule has 0 aromatic carbocycles. The van der Waals surface area contributed by atoms with Crippen molar-refractivity contribution in [3.63, 3.8) is 0 Å². The summed E-state index contributed by atoms with van der Waals surface area (Å²) in [4.78, 5) is 0. The van der Waals surface area contributed by atoms with Gasteiger partial charge in [0, 0.05) is 11.8 Å². The van der Waals surface area contributed by atoms with Crippen molar-refractivity contribution in [3.8, 4) is 0 Å². The Bertz CT molecular complexity index is 688. The summed E-state index contributed by atoms with van der Waals surface area (Å²) in [5.74, 6) is 3.70. The van der Waals surface area contributed by atoms with E-state index in [0.717, 1.165) is 31.6 Å². The molecule has 31 heavy (non-hydrogen) atoms. The van der Waals surface area contributed by atoms with Gasteiger partial charge in [0.25, 0.3) is 0 Å². The molecular formula is C28H48O3. The van der Waals surface area contributed by atoms with Crippen LogP contribution in [0.15, 0.2) is 12.2 Å². The van der Waals surface area contributed by atoms with Gasteiger partial charge in [0.05, 0.1) is 17.8 Å². The van der Waals surface area contributed by atoms with E-state index in [4.69, 9.17) is 0 Å². The topological polar surface area (TPSA) is 60.7 Å². The lowest BCUT2D eigenvalue weighted by atomic mass is 9.42. The minimum atomic E-state index is -1.12. The van der Waals surface area contributed by atoms with Crippen molar-refractivity contribution in [1.82, 2.24) is 0 Å². The Balaban J connectivity index is 1.53. The zero-order chi connectivity index (χ0) is 22.8. The zero-order valence-electron chi connectivity index (χ0n) is 20.7. The smallest absolute Gasteiger partial charge is 0.0985 e. The second-order valence-electron chi connectivity index (χ2n) is 12.9. The first-order chi connectivity index (χ1) is 14.4. The molecule has 10 atom stereocenters. The van der Waals surface area contributed by atoms with Gasteiger partial charge in [-0.25, -0.2) is 0 Å². The van der Waals surface area contributed by atoms with Crippen LogP contribution in [0.1, 0.15) is 98.8 Å². The van der Waals surface area contributed by atoms with Crippen LogP contribution < -0.4 is 0 Å². The molecule has 0 aliphatic heterocycles. The molecule has 0 radical (unpaired) electrons. The molecule has 4 saturated carbocycles. The van der Waals surface area contributed by atoms with Crippen molar-refractivity contribution < 1.29 is 15.3 Å². The van der Waals surface area contributed by atoms with E-state index in [1.54, 1.807) is 0 Å². The van der Waals surface area contributed by atoms with Crippen LogP contribution >= 0.6 is 0 Å². The SMILES string of the molecule is C=C(CCC(C)C1CCC2C3CC(O)C4(O)CC(O)CCC4(C)C3CCC12C)C(C)C. The second kappa shape index (κ2) is 8.13. The lowest BCUT2D eigenvalue weighted by Gasteiger charge is -2.65. The molecule has 3 N–H and O–H groups in total. The van der Waals surface area contributed by atoms with Crippen molar-refractivity contribution in [2.45, 2.75) is 117 Å². The molecule has 0 aromatic heterocycles. The highest BCUT2D eigenvalue weighted by atomic mass is 16.3. The van der Waals surface area contributed by atoms with Crippen LogP contribution in [0.25, 0.3) is 0 Å².